The summed E-state index contributed by atoms with van der Waals surface area (Å²) in [6, 6.07) is 6.34. The van der Waals surface area contributed by atoms with Crippen molar-refractivity contribution in [3.63, 3.8) is 0 Å². The van der Waals surface area contributed by atoms with E-state index in [-0.39, 0.29) is 24.2 Å². The maximum absolute atomic E-state index is 13.8. The summed E-state index contributed by atoms with van der Waals surface area (Å²) in [5, 5.41) is 0. The Morgan fingerprint density at radius 3 is 2.96 bits per heavy atom. The number of hydrogen-bond donors (Lipinski definition) is 0. The monoisotopic (exact) mass is 317 g/mol. The minimum atomic E-state index is -0.348. The van der Waals surface area contributed by atoms with Gasteiger partial charge in [0.15, 0.2) is 0 Å². The van der Waals surface area contributed by atoms with Gasteiger partial charge in [0.2, 0.25) is 5.91 Å². The van der Waals surface area contributed by atoms with Crippen LogP contribution in [0.15, 0.2) is 30.6 Å². The number of hydrogen-bond acceptors (Lipinski definition) is 3. The smallest absolute Gasteiger partial charge is 0.227 e. The first kappa shape index (κ1) is 15.7. The molecule has 0 bridgehead atoms. The first-order valence-electron chi connectivity index (χ1n) is 7.61. The van der Waals surface area contributed by atoms with E-state index >= 15 is 0 Å². The molecule has 122 valence electrons. The summed E-state index contributed by atoms with van der Waals surface area (Å²) in [6.45, 7) is 0.894. The minimum absolute atomic E-state index is 0.0506. The predicted octanol–water partition coefficient (Wildman–Crippen LogP) is 1.70. The lowest BCUT2D eigenvalue weighted by Crippen LogP contribution is -2.47. The van der Waals surface area contributed by atoms with Crippen molar-refractivity contribution in [1.82, 2.24) is 14.5 Å². The molecule has 0 saturated carbocycles. The average Bonchev–Trinajstić information content (AvgIpc) is 2.90. The predicted molar refractivity (Wildman–Crippen MR) is 83.2 cm³/mol. The summed E-state index contributed by atoms with van der Waals surface area (Å²) < 4.78 is 21.0. The number of benzene rings is 1. The van der Waals surface area contributed by atoms with Gasteiger partial charge >= 0.3 is 0 Å². The first-order chi connectivity index (χ1) is 11.1. The Kier molecular flexibility index (Phi) is 4.43. The van der Waals surface area contributed by atoms with Crippen LogP contribution in [-0.2, 0) is 36.0 Å². The molecule has 0 saturated heterocycles. The molecular weight excluding hydrogens is 297 g/mol. The zero-order valence-electron chi connectivity index (χ0n) is 13.3. The number of rotatable bonds is 4. The lowest BCUT2D eigenvalue weighted by atomic mass is 10.0. The van der Waals surface area contributed by atoms with E-state index in [1.54, 1.807) is 36.5 Å². The molecule has 23 heavy (non-hydrogen) atoms. The number of aryl methyl sites for hydroxylation is 1. The van der Waals surface area contributed by atoms with Crippen molar-refractivity contribution in [3.05, 3.63) is 53.4 Å². The van der Waals surface area contributed by atoms with E-state index in [9.17, 15) is 9.18 Å². The summed E-state index contributed by atoms with van der Waals surface area (Å²) >= 11 is 0. The van der Waals surface area contributed by atoms with Gasteiger partial charge in [-0.2, -0.15) is 0 Å². The molecule has 0 spiro atoms. The number of fused-ring (bicyclic) bond motifs is 1. The molecule has 0 radical (unpaired) electrons. The molecule has 0 aliphatic carbocycles. The van der Waals surface area contributed by atoms with Crippen LogP contribution in [0, 0.1) is 5.82 Å². The van der Waals surface area contributed by atoms with Crippen LogP contribution in [0.5, 0.6) is 0 Å². The Hall–Kier alpha value is -2.21. The second kappa shape index (κ2) is 6.50. The number of amides is 1. The number of carbonyl (C=O) groups excluding carboxylic acids is 1. The van der Waals surface area contributed by atoms with E-state index < -0.39 is 0 Å². The molecule has 0 fully saturated rings. The number of ether oxygens (including phenoxy) is 1. The summed E-state index contributed by atoms with van der Waals surface area (Å²) in [5.41, 5.74) is 2.45. The topological polar surface area (TPSA) is 47.4 Å². The second-order valence-corrected chi connectivity index (χ2v) is 5.85. The van der Waals surface area contributed by atoms with Crippen LogP contribution in [0.2, 0.25) is 0 Å². The molecule has 0 N–H and O–H groups in total. The molecule has 1 atom stereocenters. The average molecular weight is 317 g/mol. The fraction of sp³-hybridized carbons (Fsp3) is 0.412. The molecule has 2 aromatic rings. The molecule has 3 rings (SSSR count). The van der Waals surface area contributed by atoms with Crippen molar-refractivity contribution in [2.45, 2.75) is 25.4 Å². The van der Waals surface area contributed by atoms with Crippen LogP contribution in [0.25, 0.3) is 0 Å². The molecule has 1 aromatic carbocycles. The van der Waals surface area contributed by atoms with Gasteiger partial charge in [-0.1, -0.05) is 18.2 Å². The Morgan fingerprint density at radius 1 is 1.43 bits per heavy atom. The van der Waals surface area contributed by atoms with Crippen LogP contribution < -0.4 is 0 Å². The van der Waals surface area contributed by atoms with Crippen LogP contribution in [0.3, 0.4) is 0 Å². The van der Waals surface area contributed by atoms with Gasteiger partial charge in [-0.15, -0.1) is 0 Å². The lowest BCUT2D eigenvalue weighted by Gasteiger charge is -2.35. The zero-order chi connectivity index (χ0) is 16.4. The summed E-state index contributed by atoms with van der Waals surface area (Å²) in [6.07, 6.45) is 2.51. The minimum Gasteiger partial charge on any atom is -0.383 e. The highest BCUT2D eigenvalue weighted by Crippen LogP contribution is 2.23. The molecule has 1 aromatic heterocycles. The fourth-order valence-corrected chi connectivity index (χ4v) is 3.06. The first-order valence-corrected chi connectivity index (χ1v) is 7.61. The van der Waals surface area contributed by atoms with Gasteiger partial charge in [-0.05, 0) is 11.6 Å². The highest BCUT2D eigenvalue weighted by Gasteiger charge is 2.32. The summed E-state index contributed by atoms with van der Waals surface area (Å²) in [5.74, 6) is -0.451. The second-order valence-electron chi connectivity index (χ2n) is 5.85. The van der Waals surface area contributed by atoms with Crippen molar-refractivity contribution >= 4 is 5.91 Å². The molecule has 6 heteroatoms. The third-order valence-electron chi connectivity index (χ3n) is 4.31. The van der Waals surface area contributed by atoms with E-state index in [2.05, 4.69) is 4.98 Å². The van der Waals surface area contributed by atoms with Crippen LogP contribution >= 0.6 is 0 Å². The van der Waals surface area contributed by atoms with Crippen molar-refractivity contribution in [2.75, 3.05) is 13.7 Å². The number of aromatic nitrogens is 2. The van der Waals surface area contributed by atoms with Crippen LogP contribution in [0.4, 0.5) is 4.39 Å². The number of halogens is 1. The van der Waals surface area contributed by atoms with E-state index in [0.29, 0.717) is 25.1 Å². The van der Waals surface area contributed by atoms with Gasteiger partial charge in [0.25, 0.3) is 0 Å². The zero-order valence-corrected chi connectivity index (χ0v) is 13.3. The van der Waals surface area contributed by atoms with E-state index in [4.69, 9.17) is 4.74 Å². The standard InChI is InChI=1S/C17H20FN3O2/c1-20-11-19-15-9-21(13(10-23-2)8-16(15)20)17(22)7-12-5-3-4-6-14(12)18/h3-6,11,13H,7-10H2,1-2H3/t13-/m0/s1. The Bertz CT molecular complexity index is 714. The van der Waals surface area contributed by atoms with Gasteiger partial charge in [-0.25, -0.2) is 9.37 Å². The quantitative estimate of drug-likeness (QED) is 0.862. The van der Waals surface area contributed by atoms with Gasteiger partial charge < -0.3 is 14.2 Å². The van der Waals surface area contributed by atoms with E-state index in [0.717, 1.165) is 11.4 Å². The number of methoxy groups -OCH3 is 1. The maximum Gasteiger partial charge on any atom is 0.227 e. The summed E-state index contributed by atoms with van der Waals surface area (Å²) in [4.78, 5) is 18.8. The van der Waals surface area contributed by atoms with Crippen LogP contribution in [-0.4, -0.2) is 40.1 Å². The highest BCUT2D eigenvalue weighted by atomic mass is 19.1. The van der Waals surface area contributed by atoms with Crippen molar-refractivity contribution in [1.29, 1.82) is 0 Å². The van der Waals surface area contributed by atoms with Crippen molar-refractivity contribution < 1.29 is 13.9 Å². The van der Waals surface area contributed by atoms with Gasteiger partial charge in [0.05, 0.1) is 37.6 Å². The molecule has 0 unspecified atom stereocenters. The molecule has 2 heterocycles. The molecular formula is C17H20FN3O2. The third-order valence-corrected chi connectivity index (χ3v) is 4.31. The molecule has 1 aliphatic rings. The van der Waals surface area contributed by atoms with Gasteiger partial charge in [0.1, 0.15) is 5.82 Å². The van der Waals surface area contributed by atoms with E-state index in [1.165, 1.54) is 6.07 Å². The SMILES string of the molecule is COC[C@@H]1Cc2c(ncn2C)CN1C(=O)Cc1ccccc1F. The number of carbonyl (C=O) groups is 1. The molecule has 5 nitrogen and oxygen atoms in total. The Morgan fingerprint density at radius 2 is 2.22 bits per heavy atom. The largest absolute Gasteiger partial charge is 0.383 e. The molecule has 1 aliphatic heterocycles. The summed E-state index contributed by atoms with van der Waals surface area (Å²) in [7, 11) is 3.57. The van der Waals surface area contributed by atoms with Crippen LogP contribution in [0.1, 0.15) is 17.0 Å². The van der Waals surface area contributed by atoms with E-state index in [1.807, 2.05) is 11.6 Å². The Balaban J connectivity index is 1.82. The number of imidazole rings is 1. The number of nitrogens with zero attached hydrogens (tertiary/aromatic N) is 3. The Labute approximate surface area is 134 Å². The lowest BCUT2D eigenvalue weighted by molar-refractivity contribution is -0.135. The van der Waals surface area contributed by atoms with Gasteiger partial charge in [-0.3, -0.25) is 4.79 Å². The normalized spacial score (nSPS) is 17.2. The van der Waals surface area contributed by atoms with Crippen molar-refractivity contribution in [2.24, 2.45) is 7.05 Å². The fourth-order valence-electron chi connectivity index (χ4n) is 3.06. The third kappa shape index (κ3) is 3.12. The maximum atomic E-state index is 13.8. The van der Waals surface area contributed by atoms with Gasteiger partial charge in [0, 0.05) is 26.3 Å². The highest BCUT2D eigenvalue weighted by molar-refractivity contribution is 5.79. The van der Waals surface area contributed by atoms with Crippen molar-refractivity contribution in [3.8, 4) is 0 Å². The molecule has 1 amide bonds.